The zero-order valence-electron chi connectivity index (χ0n) is 15.0. The molecule has 1 heterocycles. The molecular weight excluding hydrogens is 443 g/mol. The van der Waals surface area contributed by atoms with Crippen LogP contribution in [0.4, 0.5) is 13.2 Å². The number of sulfonamides is 1. The van der Waals surface area contributed by atoms with Crippen molar-refractivity contribution < 1.29 is 31.1 Å². The standard InChI is InChI=1S/C20H13ClF3NO4S/c21-16-7-11(5-6-15(16)20(22,23)24)13-8-17-18(29-10-28-17)9-14(13)12-3-1-2-4-19(12)30(25,26)27/h1-9H,10H2,(H2,25,26,27). The van der Waals surface area contributed by atoms with Crippen LogP contribution in [0.15, 0.2) is 59.5 Å². The van der Waals surface area contributed by atoms with E-state index in [1.54, 1.807) is 24.3 Å². The quantitative estimate of drug-likeness (QED) is 0.598. The molecular formula is C20H13ClF3NO4S. The minimum absolute atomic E-state index is 0.0389. The fourth-order valence-corrected chi connectivity index (χ4v) is 4.29. The predicted octanol–water partition coefficient (Wildman–Crippen LogP) is 5.07. The molecule has 0 aromatic heterocycles. The molecule has 0 bridgehead atoms. The minimum Gasteiger partial charge on any atom is -0.454 e. The molecule has 5 nitrogen and oxygen atoms in total. The summed E-state index contributed by atoms with van der Waals surface area (Å²) in [4.78, 5) is -0.136. The number of benzene rings is 3. The smallest absolute Gasteiger partial charge is 0.417 e. The summed E-state index contributed by atoms with van der Waals surface area (Å²) in [6.45, 7) is -0.0389. The van der Waals surface area contributed by atoms with Gasteiger partial charge in [-0.25, -0.2) is 13.6 Å². The van der Waals surface area contributed by atoms with Crippen molar-refractivity contribution in [2.24, 2.45) is 5.14 Å². The van der Waals surface area contributed by atoms with Crippen LogP contribution < -0.4 is 14.6 Å². The summed E-state index contributed by atoms with van der Waals surface area (Å²) in [6, 6.07) is 12.5. The first-order valence-corrected chi connectivity index (χ1v) is 10.4. The van der Waals surface area contributed by atoms with Crippen LogP contribution in [0.25, 0.3) is 22.3 Å². The number of fused-ring (bicyclic) bond motifs is 1. The first-order valence-electron chi connectivity index (χ1n) is 8.48. The zero-order chi connectivity index (χ0) is 21.7. The topological polar surface area (TPSA) is 78.6 Å². The van der Waals surface area contributed by atoms with Crippen LogP contribution in [0, 0.1) is 0 Å². The highest BCUT2D eigenvalue weighted by atomic mass is 35.5. The lowest BCUT2D eigenvalue weighted by Gasteiger charge is -2.16. The molecule has 0 aliphatic carbocycles. The van der Waals surface area contributed by atoms with E-state index in [0.717, 1.165) is 6.07 Å². The largest absolute Gasteiger partial charge is 0.454 e. The molecule has 1 aliphatic rings. The van der Waals surface area contributed by atoms with Crippen LogP contribution in [0.1, 0.15) is 5.56 Å². The van der Waals surface area contributed by atoms with Crippen LogP contribution in [-0.4, -0.2) is 15.2 Å². The number of hydrogen-bond acceptors (Lipinski definition) is 4. The van der Waals surface area contributed by atoms with Gasteiger partial charge < -0.3 is 9.47 Å². The number of rotatable bonds is 3. The number of primary sulfonamides is 1. The highest BCUT2D eigenvalue weighted by Gasteiger charge is 2.33. The monoisotopic (exact) mass is 455 g/mol. The Morgan fingerprint density at radius 3 is 2.13 bits per heavy atom. The van der Waals surface area contributed by atoms with Crippen molar-refractivity contribution in [1.82, 2.24) is 0 Å². The van der Waals surface area contributed by atoms with Crippen molar-refractivity contribution in [3.63, 3.8) is 0 Å². The van der Waals surface area contributed by atoms with Gasteiger partial charge in [-0.05, 0) is 47.0 Å². The van der Waals surface area contributed by atoms with Crippen molar-refractivity contribution >= 4 is 21.6 Å². The Bertz CT molecular complexity index is 1260. The molecule has 0 atom stereocenters. The predicted molar refractivity (Wildman–Crippen MR) is 105 cm³/mol. The second kappa shape index (κ2) is 7.19. The van der Waals surface area contributed by atoms with E-state index in [4.69, 9.17) is 26.2 Å². The molecule has 1 aliphatic heterocycles. The maximum atomic E-state index is 13.1. The molecule has 156 valence electrons. The van der Waals surface area contributed by atoms with Gasteiger partial charge in [0.05, 0.1) is 15.5 Å². The molecule has 30 heavy (non-hydrogen) atoms. The van der Waals surface area contributed by atoms with E-state index in [0.29, 0.717) is 28.2 Å². The minimum atomic E-state index is -4.60. The van der Waals surface area contributed by atoms with E-state index in [9.17, 15) is 21.6 Å². The lowest BCUT2D eigenvalue weighted by atomic mass is 9.93. The molecule has 0 fully saturated rings. The number of halogens is 4. The van der Waals surface area contributed by atoms with Gasteiger partial charge in [0.25, 0.3) is 0 Å². The summed E-state index contributed by atoms with van der Waals surface area (Å²) in [5.41, 5.74) is 0.431. The summed E-state index contributed by atoms with van der Waals surface area (Å²) in [5.74, 6) is 0.744. The maximum absolute atomic E-state index is 13.1. The van der Waals surface area contributed by atoms with Gasteiger partial charge in [-0.2, -0.15) is 13.2 Å². The fraction of sp³-hybridized carbons (Fsp3) is 0.100. The summed E-state index contributed by atoms with van der Waals surface area (Å²) < 4.78 is 74.2. The molecule has 0 unspecified atom stereocenters. The fourth-order valence-electron chi connectivity index (χ4n) is 3.25. The van der Waals surface area contributed by atoms with Crippen molar-refractivity contribution in [3.05, 3.63) is 65.2 Å². The summed E-state index contributed by atoms with van der Waals surface area (Å²) >= 11 is 5.89. The maximum Gasteiger partial charge on any atom is 0.417 e. The van der Waals surface area contributed by atoms with Gasteiger partial charge >= 0.3 is 6.18 Å². The van der Waals surface area contributed by atoms with E-state index < -0.39 is 26.8 Å². The molecule has 0 saturated heterocycles. The van der Waals surface area contributed by atoms with Gasteiger partial charge in [0.1, 0.15) is 0 Å². The highest BCUT2D eigenvalue weighted by Crippen LogP contribution is 2.45. The lowest BCUT2D eigenvalue weighted by Crippen LogP contribution is -2.13. The summed E-state index contributed by atoms with van der Waals surface area (Å²) in [7, 11) is -4.08. The molecule has 3 aromatic carbocycles. The Morgan fingerprint density at radius 2 is 1.53 bits per heavy atom. The molecule has 0 saturated carbocycles. The third kappa shape index (κ3) is 3.71. The van der Waals surface area contributed by atoms with Crippen LogP contribution in [0.5, 0.6) is 11.5 Å². The van der Waals surface area contributed by atoms with Crippen molar-refractivity contribution in [2.45, 2.75) is 11.1 Å². The van der Waals surface area contributed by atoms with E-state index in [1.165, 1.54) is 24.3 Å². The highest BCUT2D eigenvalue weighted by molar-refractivity contribution is 7.89. The Balaban J connectivity index is 1.98. The average Bonchev–Trinajstić information content (AvgIpc) is 3.12. The number of hydrogen-bond donors (Lipinski definition) is 1. The van der Waals surface area contributed by atoms with Gasteiger partial charge in [-0.1, -0.05) is 35.9 Å². The molecule has 0 amide bonds. The lowest BCUT2D eigenvalue weighted by molar-refractivity contribution is -0.137. The normalized spacial score (nSPS) is 13.5. The molecule has 2 N–H and O–H groups in total. The summed E-state index contributed by atoms with van der Waals surface area (Å²) in [5, 5.41) is 4.88. The van der Waals surface area contributed by atoms with Crippen LogP contribution in [0.3, 0.4) is 0 Å². The van der Waals surface area contributed by atoms with E-state index >= 15 is 0 Å². The van der Waals surface area contributed by atoms with Crippen molar-refractivity contribution in [1.29, 1.82) is 0 Å². The second-order valence-corrected chi connectivity index (χ2v) is 8.42. The third-order valence-corrected chi connectivity index (χ3v) is 5.86. The van der Waals surface area contributed by atoms with E-state index in [-0.39, 0.29) is 17.3 Å². The first kappa shape index (κ1) is 20.5. The second-order valence-electron chi connectivity index (χ2n) is 6.48. The van der Waals surface area contributed by atoms with Gasteiger partial charge in [-0.15, -0.1) is 0 Å². The van der Waals surface area contributed by atoms with Gasteiger partial charge in [-0.3, -0.25) is 0 Å². The average molecular weight is 456 g/mol. The van der Waals surface area contributed by atoms with Crippen LogP contribution in [-0.2, 0) is 16.2 Å². The van der Waals surface area contributed by atoms with Crippen LogP contribution >= 0.6 is 11.6 Å². The Morgan fingerprint density at radius 1 is 0.900 bits per heavy atom. The molecule has 4 rings (SSSR count). The molecule has 0 radical (unpaired) electrons. The molecule has 3 aromatic rings. The van der Waals surface area contributed by atoms with E-state index in [2.05, 4.69) is 0 Å². The van der Waals surface area contributed by atoms with E-state index in [1.807, 2.05) is 0 Å². The molecule has 10 heteroatoms. The Hall–Kier alpha value is -2.75. The summed E-state index contributed by atoms with van der Waals surface area (Å²) in [6.07, 6.45) is -4.60. The van der Waals surface area contributed by atoms with Crippen molar-refractivity contribution in [2.75, 3.05) is 6.79 Å². The molecule has 0 spiro atoms. The Kier molecular flexibility index (Phi) is 4.92. The van der Waals surface area contributed by atoms with Gasteiger partial charge in [0, 0.05) is 5.56 Å². The van der Waals surface area contributed by atoms with Gasteiger partial charge in [0.2, 0.25) is 16.8 Å². The SMILES string of the molecule is NS(=O)(=O)c1ccccc1-c1cc2c(cc1-c1ccc(C(F)(F)F)c(Cl)c1)OCO2. The third-order valence-electron chi connectivity index (χ3n) is 4.58. The van der Waals surface area contributed by atoms with Crippen molar-refractivity contribution in [3.8, 4) is 33.8 Å². The van der Waals surface area contributed by atoms with Crippen LogP contribution in [0.2, 0.25) is 5.02 Å². The Labute approximate surface area is 174 Å². The van der Waals surface area contributed by atoms with Gasteiger partial charge in [0.15, 0.2) is 11.5 Å². The first-order chi connectivity index (χ1) is 14.1. The zero-order valence-corrected chi connectivity index (χ0v) is 16.6. The number of ether oxygens (including phenoxy) is 2. The number of nitrogens with two attached hydrogens (primary N) is 1. The number of alkyl halides is 3.